The molecule has 0 spiro atoms. The van der Waals surface area contributed by atoms with E-state index < -0.39 is 29.1 Å². The molecule has 3 rings (SSSR count). The van der Waals surface area contributed by atoms with Crippen LogP contribution in [0.25, 0.3) is 11.0 Å². The van der Waals surface area contributed by atoms with E-state index in [1.807, 2.05) is 13.8 Å². The summed E-state index contributed by atoms with van der Waals surface area (Å²) in [5.74, 6) is -4.50. The van der Waals surface area contributed by atoms with Gasteiger partial charge in [-0.2, -0.15) is 0 Å². The van der Waals surface area contributed by atoms with Crippen LogP contribution >= 0.6 is 11.6 Å². The molecule has 160 valence electrons. The van der Waals surface area contributed by atoms with Crippen molar-refractivity contribution in [1.29, 1.82) is 0 Å². The maximum Gasteiger partial charge on any atom is 0.317 e. The van der Waals surface area contributed by atoms with Crippen LogP contribution in [0.5, 0.6) is 0 Å². The van der Waals surface area contributed by atoms with E-state index >= 15 is 0 Å². The third-order valence-corrected chi connectivity index (χ3v) is 5.16. The van der Waals surface area contributed by atoms with E-state index in [4.69, 9.17) is 11.6 Å². The number of hydrogen-bond acceptors (Lipinski definition) is 6. The Bertz CT molecular complexity index is 1230. The third kappa shape index (κ3) is 4.97. The molecule has 1 atom stereocenters. The number of fused-ring (bicyclic) bond motifs is 1. The molecule has 8 nitrogen and oxygen atoms in total. The number of ketones is 1. The fourth-order valence-electron chi connectivity index (χ4n) is 3.03. The fraction of sp³-hybridized carbons (Fsp3) is 0.227. The van der Waals surface area contributed by atoms with Crippen LogP contribution in [-0.2, 0) is 25.5 Å². The van der Waals surface area contributed by atoms with Crippen molar-refractivity contribution in [2.75, 3.05) is 12.4 Å². The number of hydrogen-bond donors (Lipinski definition) is 2. The van der Waals surface area contributed by atoms with Gasteiger partial charge in [-0.25, -0.2) is 4.98 Å². The van der Waals surface area contributed by atoms with E-state index in [2.05, 4.69) is 20.0 Å². The summed E-state index contributed by atoms with van der Waals surface area (Å²) in [6.45, 7) is 3.81. The highest BCUT2D eigenvalue weighted by Gasteiger charge is 2.34. The lowest BCUT2D eigenvalue weighted by Crippen LogP contribution is -2.37. The summed E-state index contributed by atoms with van der Waals surface area (Å²) in [4.78, 5) is 56.9. The van der Waals surface area contributed by atoms with Gasteiger partial charge in [0.05, 0.1) is 18.1 Å². The van der Waals surface area contributed by atoms with E-state index in [0.29, 0.717) is 21.7 Å². The number of nitrogens with one attached hydrogen (secondary N) is 2. The average Bonchev–Trinajstić information content (AvgIpc) is 2.74. The second kappa shape index (κ2) is 9.09. The lowest BCUT2D eigenvalue weighted by molar-refractivity contribution is -0.152. The average molecular weight is 442 g/mol. The van der Waals surface area contributed by atoms with Crippen LogP contribution in [0.1, 0.15) is 16.8 Å². The largest absolute Gasteiger partial charge is 0.468 e. The van der Waals surface area contributed by atoms with Gasteiger partial charge in [-0.3, -0.25) is 19.2 Å². The Kier molecular flexibility index (Phi) is 6.50. The number of halogens is 1. The predicted molar refractivity (Wildman–Crippen MR) is 116 cm³/mol. The van der Waals surface area contributed by atoms with Crippen LogP contribution in [0, 0.1) is 19.8 Å². The van der Waals surface area contributed by atoms with Crippen molar-refractivity contribution in [2.45, 2.75) is 20.3 Å². The quantitative estimate of drug-likeness (QED) is 0.345. The zero-order chi connectivity index (χ0) is 22.7. The first kappa shape index (κ1) is 22.2. The highest BCUT2D eigenvalue weighted by molar-refractivity contribution is 6.44. The molecule has 0 aliphatic rings. The second-order valence-corrected chi connectivity index (χ2v) is 7.51. The second-order valence-electron chi connectivity index (χ2n) is 7.07. The minimum Gasteiger partial charge on any atom is -0.468 e. The zero-order valence-electron chi connectivity index (χ0n) is 17.1. The summed E-state index contributed by atoms with van der Waals surface area (Å²) in [7, 11) is 1.10. The number of benzene rings is 2. The summed E-state index contributed by atoms with van der Waals surface area (Å²) >= 11 is 5.81. The number of carbonyl (C=O) groups excluding carboxylic acids is 3. The van der Waals surface area contributed by atoms with Gasteiger partial charge in [0.25, 0.3) is 11.5 Å². The van der Waals surface area contributed by atoms with Crippen LogP contribution in [-0.4, -0.2) is 34.7 Å². The van der Waals surface area contributed by atoms with Gasteiger partial charge < -0.3 is 15.0 Å². The smallest absolute Gasteiger partial charge is 0.317 e. The number of methoxy groups -OCH3 is 1. The normalized spacial score (nSPS) is 11.7. The SMILES string of the molecule is COC(=O)[C@H](Cc1nc2cc(C)c(C)cc2[nH]c1=O)C(=O)C(=O)Nc1ccc(Cl)cc1. The summed E-state index contributed by atoms with van der Waals surface area (Å²) in [6.07, 6.45) is -0.377. The van der Waals surface area contributed by atoms with Crippen LogP contribution in [0.15, 0.2) is 41.2 Å². The number of aromatic nitrogens is 2. The molecule has 0 saturated carbocycles. The van der Waals surface area contributed by atoms with Crippen molar-refractivity contribution in [3.63, 3.8) is 0 Å². The number of carbonyl (C=O) groups is 3. The topological polar surface area (TPSA) is 118 Å². The Hall–Kier alpha value is -3.52. The molecule has 1 aromatic heterocycles. The van der Waals surface area contributed by atoms with Gasteiger partial charge >= 0.3 is 5.97 Å². The van der Waals surface area contributed by atoms with Crippen molar-refractivity contribution in [2.24, 2.45) is 5.92 Å². The number of ether oxygens (including phenoxy) is 1. The first-order valence-electron chi connectivity index (χ1n) is 9.38. The van der Waals surface area contributed by atoms with Crippen molar-refractivity contribution in [1.82, 2.24) is 9.97 Å². The van der Waals surface area contributed by atoms with Crippen LogP contribution < -0.4 is 10.9 Å². The molecule has 1 heterocycles. The molecule has 2 aromatic carbocycles. The van der Waals surface area contributed by atoms with E-state index in [1.54, 1.807) is 24.3 Å². The highest BCUT2D eigenvalue weighted by atomic mass is 35.5. The number of anilines is 1. The molecule has 0 aliphatic heterocycles. The van der Waals surface area contributed by atoms with Crippen LogP contribution in [0.4, 0.5) is 5.69 Å². The minimum absolute atomic E-state index is 0.0428. The standard InChI is InChI=1S/C22H20ClN3O5/c1-11-8-16-17(9-12(11)2)26-20(28)18(25-16)10-15(22(30)31-3)19(27)21(29)24-14-6-4-13(23)5-7-14/h4-9,15H,10H2,1-3H3,(H,24,29)(H,26,28)/t15-/m1/s1. The Morgan fingerprint density at radius 1 is 1.13 bits per heavy atom. The summed E-state index contributed by atoms with van der Waals surface area (Å²) in [6, 6.07) is 9.71. The Morgan fingerprint density at radius 3 is 2.42 bits per heavy atom. The summed E-state index contributed by atoms with van der Waals surface area (Å²) < 4.78 is 4.69. The van der Waals surface area contributed by atoms with E-state index in [9.17, 15) is 19.2 Å². The first-order valence-corrected chi connectivity index (χ1v) is 9.76. The molecule has 2 N–H and O–H groups in total. The van der Waals surface area contributed by atoms with Crippen molar-refractivity contribution in [3.8, 4) is 0 Å². The summed E-state index contributed by atoms with van der Waals surface area (Å²) in [5, 5.41) is 2.87. The fourth-order valence-corrected chi connectivity index (χ4v) is 3.15. The maximum absolute atomic E-state index is 12.7. The Labute approximate surface area is 182 Å². The van der Waals surface area contributed by atoms with Gasteiger partial charge in [-0.05, 0) is 61.4 Å². The van der Waals surface area contributed by atoms with E-state index in [-0.39, 0.29) is 12.1 Å². The lowest BCUT2D eigenvalue weighted by Gasteiger charge is -2.13. The number of esters is 1. The van der Waals surface area contributed by atoms with E-state index in [1.165, 1.54) is 12.1 Å². The number of aryl methyl sites for hydroxylation is 2. The molecule has 0 unspecified atom stereocenters. The zero-order valence-corrected chi connectivity index (χ0v) is 17.9. The van der Waals surface area contributed by atoms with Crippen molar-refractivity contribution >= 4 is 46.0 Å². The van der Waals surface area contributed by atoms with Crippen LogP contribution in [0.2, 0.25) is 5.02 Å². The molecule has 0 fully saturated rings. The molecule has 9 heteroatoms. The first-order chi connectivity index (χ1) is 14.7. The van der Waals surface area contributed by atoms with Crippen molar-refractivity contribution < 1.29 is 19.1 Å². The number of amides is 1. The Morgan fingerprint density at radius 2 is 1.77 bits per heavy atom. The monoisotopic (exact) mass is 441 g/mol. The molecule has 0 bridgehead atoms. The number of H-pyrrole nitrogens is 1. The number of Topliss-reactive ketones (excluding diaryl/α,β-unsaturated/α-hetero) is 1. The summed E-state index contributed by atoms with van der Waals surface area (Å²) in [5.41, 5.74) is 2.76. The minimum atomic E-state index is -1.52. The van der Waals surface area contributed by atoms with Crippen molar-refractivity contribution in [3.05, 3.63) is 68.6 Å². The molecule has 3 aromatic rings. The van der Waals surface area contributed by atoms with Gasteiger partial charge in [-0.1, -0.05) is 11.6 Å². The molecule has 0 radical (unpaired) electrons. The van der Waals surface area contributed by atoms with Gasteiger partial charge in [0.1, 0.15) is 11.6 Å². The lowest BCUT2D eigenvalue weighted by atomic mass is 9.97. The molecule has 31 heavy (non-hydrogen) atoms. The highest BCUT2D eigenvalue weighted by Crippen LogP contribution is 2.17. The number of aromatic amines is 1. The van der Waals surface area contributed by atoms with Crippen LogP contribution in [0.3, 0.4) is 0 Å². The predicted octanol–water partition coefficient (Wildman–Crippen LogP) is 2.73. The maximum atomic E-state index is 12.7. The van der Waals surface area contributed by atoms with Gasteiger partial charge in [0.15, 0.2) is 0 Å². The molecular formula is C22H20ClN3O5. The Balaban J connectivity index is 1.89. The third-order valence-electron chi connectivity index (χ3n) is 4.90. The van der Waals surface area contributed by atoms with E-state index in [0.717, 1.165) is 18.2 Å². The molecule has 1 amide bonds. The van der Waals surface area contributed by atoms with Gasteiger partial charge in [0, 0.05) is 17.1 Å². The number of nitrogens with zero attached hydrogens (tertiary/aromatic N) is 1. The van der Waals surface area contributed by atoms with Gasteiger partial charge in [0.2, 0.25) is 5.78 Å². The molecule has 0 saturated heterocycles. The van der Waals surface area contributed by atoms with Gasteiger partial charge in [-0.15, -0.1) is 0 Å². The number of rotatable bonds is 6. The molecule has 0 aliphatic carbocycles. The molecular weight excluding hydrogens is 422 g/mol.